The fourth-order valence-electron chi connectivity index (χ4n) is 7.30. The van der Waals surface area contributed by atoms with Gasteiger partial charge in [-0.05, 0) is 72.8 Å². The summed E-state index contributed by atoms with van der Waals surface area (Å²) >= 11 is 0. The number of methoxy groups -OCH3 is 1. The van der Waals surface area contributed by atoms with Gasteiger partial charge in [0.2, 0.25) is 11.8 Å². The first-order valence-corrected chi connectivity index (χ1v) is 18.2. The highest BCUT2D eigenvalue weighted by Gasteiger charge is 2.37. The van der Waals surface area contributed by atoms with Crippen LogP contribution in [0.25, 0.3) is 33.6 Å². The number of ether oxygens (including phenoxy) is 1. The molecule has 0 spiro atoms. The number of amides is 3. The zero-order valence-corrected chi connectivity index (χ0v) is 31.2. The summed E-state index contributed by atoms with van der Waals surface area (Å²) in [6, 6.07) is 12.8. The quantitative estimate of drug-likeness (QED) is 0.133. The Hall–Kier alpha value is -5.49. The predicted molar refractivity (Wildman–Crippen MR) is 205 cm³/mol. The van der Waals surface area contributed by atoms with Crippen LogP contribution in [0.1, 0.15) is 75.0 Å². The molecule has 12 heteroatoms. The molecule has 1 fully saturated rings. The number of imidazole rings is 2. The fraction of sp³-hybridized carbons (Fsp3) is 0.390. The summed E-state index contributed by atoms with van der Waals surface area (Å²) in [7, 11) is 3.00. The van der Waals surface area contributed by atoms with Crippen molar-refractivity contribution in [2.24, 2.45) is 11.7 Å². The number of fused-ring (bicyclic) bond motifs is 3. The van der Waals surface area contributed by atoms with Crippen LogP contribution in [0.2, 0.25) is 0 Å². The van der Waals surface area contributed by atoms with Crippen molar-refractivity contribution in [2.75, 3.05) is 20.7 Å². The molecule has 0 radical (unpaired) electrons. The number of rotatable bonds is 11. The zero-order chi connectivity index (χ0) is 38.0. The molecule has 278 valence electrons. The average Bonchev–Trinajstić information content (AvgIpc) is 3.92. The second-order valence-electron chi connectivity index (χ2n) is 14.4. The first kappa shape index (κ1) is 37.3. The fourth-order valence-corrected chi connectivity index (χ4v) is 7.30. The van der Waals surface area contributed by atoms with E-state index in [1.54, 1.807) is 36.0 Å². The number of nitrogens with two attached hydrogens (primary N) is 1. The summed E-state index contributed by atoms with van der Waals surface area (Å²) < 4.78 is 4.75. The molecule has 12 nitrogen and oxygen atoms in total. The van der Waals surface area contributed by atoms with Gasteiger partial charge in [0, 0.05) is 24.8 Å². The number of likely N-dealkylation sites (tertiary alicyclic amines) is 1. The molecule has 0 bridgehead atoms. The SMILES string of the molecule is C=C[C@@H](c1ncc(-c2ccc(-c3ccc4c(c3)CCCc3[nH]c([C@@H]5CCCN5C(=O)[C@@H](NC(=O)OC)C(=C)C)nc3-4)cc2)[nH]1)N(C)C(=O)[C@@H](N)C(C)C. The van der Waals surface area contributed by atoms with Gasteiger partial charge in [-0.25, -0.2) is 14.8 Å². The molecule has 0 unspecified atom stereocenters. The van der Waals surface area contributed by atoms with Crippen LogP contribution in [0.5, 0.6) is 0 Å². The molecule has 1 aliphatic heterocycles. The Balaban J connectivity index is 1.20. The molecule has 4 atom stereocenters. The molecule has 5 N–H and O–H groups in total. The molecule has 2 aliphatic rings. The van der Waals surface area contributed by atoms with Crippen LogP contribution in [0.4, 0.5) is 4.79 Å². The van der Waals surface area contributed by atoms with Crippen molar-refractivity contribution in [3.8, 4) is 33.6 Å². The van der Waals surface area contributed by atoms with Crippen LogP contribution in [0.3, 0.4) is 0 Å². The third kappa shape index (κ3) is 7.54. The number of likely N-dealkylation sites (N-methyl/N-ethyl adjacent to an activating group) is 1. The lowest BCUT2D eigenvalue weighted by Crippen LogP contribution is -2.49. The molecular formula is C41H50N8O4. The van der Waals surface area contributed by atoms with E-state index in [2.05, 4.69) is 75.9 Å². The van der Waals surface area contributed by atoms with Crippen molar-refractivity contribution in [3.63, 3.8) is 0 Å². The zero-order valence-electron chi connectivity index (χ0n) is 31.2. The van der Waals surface area contributed by atoms with E-state index in [9.17, 15) is 14.4 Å². The van der Waals surface area contributed by atoms with Crippen LogP contribution in [0, 0.1) is 5.92 Å². The van der Waals surface area contributed by atoms with Crippen molar-refractivity contribution >= 4 is 17.9 Å². The standard InChI is InChI=1S/C41H50N8O4/c1-8-32(48(6)39(50)34(42)23(2)3)37-43-22-31(45-37)26-16-14-25(15-17-26)27-18-19-29-28(21-27)11-9-12-30-36(29)46-38(44-30)33-13-10-20-49(33)40(51)35(24(4)5)47-41(52)53-7/h8,14-19,21-23,32-35H,1,4,9-13,20,42H2,2-3,5-7H3,(H,43,45)(H,44,46)(H,47,52)/t32-,33-,34-,35-/m0/s1. The largest absolute Gasteiger partial charge is 0.453 e. The maximum atomic E-state index is 13.6. The molecule has 1 aliphatic carbocycles. The second-order valence-corrected chi connectivity index (χ2v) is 14.4. The van der Waals surface area contributed by atoms with Crippen molar-refractivity contribution in [1.82, 2.24) is 35.1 Å². The summed E-state index contributed by atoms with van der Waals surface area (Å²) in [4.78, 5) is 58.6. The van der Waals surface area contributed by atoms with E-state index in [4.69, 9.17) is 15.5 Å². The molecule has 2 aromatic carbocycles. The number of benzene rings is 2. The first-order valence-electron chi connectivity index (χ1n) is 18.2. The topological polar surface area (TPSA) is 162 Å². The minimum Gasteiger partial charge on any atom is -0.453 e. The molecule has 3 amide bonds. The Morgan fingerprint density at radius 2 is 1.79 bits per heavy atom. The van der Waals surface area contributed by atoms with Crippen molar-refractivity contribution in [2.45, 2.75) is 77.0 Å². The van der Waals surface area contributed by atoms with Gasteiger partial charge in [-0.15, -0.1) is 6.58 Å². The summed E-state index contributed by atoms with van der Waals surface area (Å²) in [6.45, 7) is 14.0. The maximum absolute atomic E-state index is 13.6. The third-order valence-corrected chi connectivity index (χ3v) is 10.5. The van der Waals surface area contributed by atoms with E-state index in [-0.39, 0.29) is 23.8 Å². The van der Waals surface area contributed by atoms with Crippen LogP contribution < -0.4 is 11.1 Å². The first-order chi connectivity index (χ1) is 25.4. The number of carbonyl (C=O) groups excluding carboxylic acids is 3. The molecule has 3 heterocycles. The van der Waals surface area contributed by atoms with Gasteiger partial charge in [-0.1, -0.05) is 69.0 Å². The highest BCUT2D eigenvalue weighted by atomic mass is 16.5. The lowest BCUT2D eigenvalue weighted by Gasteiger charge is -2.28. The van der Waals surface area contributed by atoms with Gasteiger partial charge >= 0.3 is 6.09 Å². The number of alkyl carbamates (subject to hydrolysis) is 1. The van der Waals surface area contributed by atoms with Gasteiger partial charge in [0.25, 0.3) is 0 Å². The number of H-pyrrole nitrogens is 2. The average molecular weight is 719 g/mol. The number of aromatic nitrogens is 4. The highest BCUT2D eigenvalue weighted by molar-refractivity contribution is 5.89. The molecule has 53 heavy (non-hydrogen) atoms. The van der Waals surface area contributed by atoms with Crippen LogP contribution in [0.15, 0.2) is 73.5 Å². The minimum atomic E-state index is -0.871. The Labute approximate surface area is 310 Å². The van der Waals surface area contributed by atoms with E-state index >= 15 is 0 Å². The Kier molecular flexibility index (Phi) is 11.0. The third-order valence-electron chi connectivity index (χ3n) is 10.5. The van der Waals surface area contributed by atoms with E-state index < -0.39 is 24.2 Å². The van der Waals surface area contributed by atoms with Gasteiger partial charge in [-0.3, -0.25) is 9.59 Å². The summed E-state index contributed by atoms with van der Waals surface area (Å²) in [6.07, 6.45) is 7.16. The Morgan fingerprint density at radius 3 is 2.47 bits per heavy atom. The van der Waals surface area contributed by atoms with Crippen LogP contribution >= 0.6 is 0 Å². The second kappa shape index (κ2) is 15.6. The molecular weight excluding hydrogens is 669 g/mol. The lowest BCUT2D eigenvalue weighted by molar-refractivity contribution is -0.134. The molecule has 0 saturated carbocycles. The number of aryl methyl sites for hydroxylation is 2. The Morgan fingerprint density at radius 1 is 1.08 bits per heavy atom. The monoisotopic (exact) mass is 718 g/mol. The van der Waals surface area contributed by atoms with E-state index in [1.165, 1.54) is 12.7 Å². The molecule has 6 rings (SSSR count). The molecule has 4 aromatic rings. The van der Waals surface area contributed by atoms with Gasteiger partial charge < -0.3 is 35.6 Å². The van der Waals surface area contributed by atoms with Crippen molar-refractivity contribution in [3.05, 3.63) is 96.4 Å². The normalized spacial score (nSPS) is 16.9. The number of carbonyl (C=O) groups is 3. The summed E-state index contributed by atoms with van der Waals surface area (Å²) in [5.41, 5.74) is 15.0. The number of aromatic amines is 2. The smallest absolute Gasteiger partial charge is 0.407 e. The van der Waals surface area contributed by atoms with E-state index in [1.807, 2.05) is 13.8 Å². The van der Waals surface area contributed by atoms with Crippen LogP contribution in [-0.2, 0) is 27.2 Å². The highest BCUT2D eigenvalue weighted by Crippen LogP contribution is 2.38. The van der Waals surface area contributed by atoms with E-state index in [0.29, 0.717) is 17.9 Å². The predicted octanol–water partition coefficient (Wildman–Crippen LogP) is 6.26. The van der Waals surface area contributed by atoms with Gasteiger partial charge in [0.1, 0.15) is 23.7 Å². The summed E-state index contributed by atoms with van der Waals surface area (Å²) in [5, 5.41) is 2.63. The minimum absolute atomic E-state index is 0.0170. The van der Waals surface area contributed by atoms with Crippen molar-refractivity contribution < 1.29 is 19.1 Å². The van der Waals surface area contributed by atoms with Gasteiger partial charge in [0.05, 0.1) is 36.8 Å². The van der Waals surface area contributed by atoms with Gasteiger partial charge in [0.15, 0.2) is 0 Å². The van der Waals surface area contributed by atoms with Gasteiger partial charge in [-0.2, -0.15) is 0 Å². The number of nitrogens with zero attached hydrogens (tertiary/aromatic N) is 4. The molecule has 2 aromatic heterocycles. The van der Waals surface area contributed by atoms with Crippen LogP contribution in [-0.4, -0.2) is 80.4 Å². The lowest BCUT2D eigenvalue weighted by atomic mass is 9.95. The number of hydrogen-bond acceptors (Lipinski definition) is 7. The maximum Gasteiger partial charge on any atom is 0.407 e. The van der Waals surface area contributed by atoms with E-state index in [0.717, 1.165) is 77.3 Å². The molecule has 1 saturated heterocycles. The van der Waals surface area contributed by atoms with Crippen molar-refractivity contribution in [1.29, 1.82) is 0 Å². The number of nitrogens with one attached hydrogen (secondary N) is 3. The number of hydrogen-bond donors (Lipinski definition) is 4. The summed E-state index contributed by atoms with van der Waals surface area (Å²) in [5.74, 6) is 1.03. The Bertz CT molecular complexity index is 2010.